The quantitative estimate of drug-likeness (QED) is 0.248. The fraction of sp³-hybridized carbons (Fsp3) is 0.294. The lowest BCUT2D eigenvalue weighted by Crippen LogP contribution is -2.61. The molecule has 1 saturated heterocycles. The molecule has 1 aromatic heterocycles. The molecule has 2 aliphatic heterocycles. The Morgan fingerprint density at radius 1 is 0.844 bits per heavy atom. The van der Waals surface area contributed by atoms with Gasteiger partial charge in [0, 0.05) is 11.8 Å². The molecule has 0 bridgehead atoms. The van der Waals surface area contributed by atoms with Gasteiger partial charge in [0.05, 0.1) is 22.1 Å². The van der Waals surface area contributed by atoms with Gasteiger partial charge in [-0.25, -0.2) is 4.79 Å². The van der Waals surface area contributed by atoms with E-state index in [1.807, 2.05) is 81.4 Å². The molecular formula is C34H32N3O7Si. The number of H-pyrrole nitrogens is 1. The molecule has 10 nitrogen and oxygen atoms in total. The van der Waals surface area contributed by atoms with E-state index in [0.717, 1.165) is 16.2 Å². The summed E-state index contributed by atoms with van der Waals surface area (Å²) in [5, 5.41) is -0.980. The van der Waals surface area contributed by atoms with Gasteiger partial charge in [0.15, 0.2) is 0 Å². The van der Waals surface area contributed by atoms with E-state index in [2.05, 4.69) is 15.2 Å². The molecule has 1 fully saturated rings. The molecule has 229 valence electrons. The number of rotatable bonds is 7. The largest absolute Gasteiger partial charge is 0.368 e. The maximum absolute atomic E-state index is 13.6. The summed E-state index contributed by atoms with van der Waals surface area (Å²) in [5.74, 6) is -1.17. The average molecular weight is 623 g/mol. The molecule has 3 heterocycles. The summed E-state index contributed by atoms with van der Waals surface area (Å²) >= 11 is 0. The first kappa shape index (κ1) is 30.6. The molecule has 6 rings (SSSR count). The summed E-state index contributed by atoms with van der Waals surface area (Å²) in [6.07, 6.45) is -0.407. The average Bonchev–Trinajstić information content (AvgIpc) is 3.40. The van der Waals surface area contributed by atoms with Gasteiger partial charge in [0.25, 0.3) is 17.4 Å². The molecule has 1 N–H and O–H groups in total. The highest BCUT2D eigenvalue weighted by atomic mass is 28.1. The van der Waals surface area contributed by atoms with Gasteiger partial charge in [-0.3, -0.25) is 28.8 Å². The van der Waals surface area contributed by atoms with Crippen molar-refractivity contribution in [2.75, 3.05) is 6.61 Å². The van der Waals surface area contributed by atoms with E-state index in [1.54, 1.807) is 31.2 Å². The molecule has 2 aliphatic rings. The highest BCUT2D eigenvalue weighted by Crippen LogP contribution is 2.56. The molecule has 11 heteroatoms. The van der Waals surface area contributed by atoms with Gasteiger partial charge in [-0.15, -0.1) is 5.06 Å². The van der Waals surface area contributed by atoms with Crippen LogP contribution in [0.1, 0.15) is 58.2 Å². The number of aryl methyl sites for hydroxylation is 1. The Hall–Kier alpha value is -4.42. The van der Waals surface area contributed by atoms with Crippen LogP contribution in [-0.4, -0.2) is 61.1 Å². The monoisotopic (exact) mass is 622 g/mol. The summed E-state index contributed by atoms with van der Waals surface area (Å²) in [4.78, 5) is 60.8. The van der Waals surface area contributed by atoms with Crippen LogP contribution in [0, 0.1) is 6.92 Å². The van der Waals surface area contributed by atoms with E-state index in [1.165, 1.54) is 10.8 Å². The van der Waals surface area contributed by atoms with E-state index < -0.39 is 51.6 Å². The lowest BCUT2D eigenvalue weighted by atomic mass is 9.68. The number of fused-ring (bicyclic) bond motifs is 1. The third-order valence-electron chi connectivity index (χ3n) is 8.14. The predicted molar refractivity (Wildman–Crippen MR) is 166 cm³/mol. The molecule has 4 aromatic rings. The number of amides is 2. The van der Waals surface area contributed by atoms with Crippen LogP contribution in [-0.2, 0) is 25.1 Å². The van der Waals surface area contributed by atoms with E-state index in [9.17, 15) is 19.2 Å². The van der Waals surface area contributed by atoms with Crippen molar-refractivity contribution < 1.29 is 23.9 Å². The molecule has 3 atom stereocenters. The van der Waals surface area contributed by atoms with Crippen LogP contribution in [0.3, 0.4) is 0 Å². The number of benzene rings is 3. The number of hydroxylamine groups is 2. The van der Waals surface area contributed by atoms with Gasteiger partial charge < -0.3 is 9.47 Å². The molecule has 3 aromatic carbocycles. The van der Waals surface area contributed by atoms with Crippen LogP contribution in [0.2, 0.25) is 0 Å². The van der Waals surface area contributed by atoms with Crippen molar-refractivity contribution in [2.45, 2.75) is 56.3 Å². The Morgan fingerprint density at radius 2 is 1.36 bits per heavy atom. The third kappa shape index (κ3) is 4.92. The van der Waals surface area contributed by atoms with Gasteiger partial charge in [-0.2, -0.15) is 0 Å². The van der Waals surface area contributed by atoms with Crippen molar-refractivity contribution in [1.82, 2.24) is 14.6 Å². The first-order valence-electron chi connectivity index (χ1n) is 14.5. The maximum atomic E-state index is 13.6. The first-order chi connectivity index (χ1) is 21.4. The Bertz CT molecular complexity index is 1810. The second-order valence-corrected chi connectivity index (χ2v) is 12.9. The van der Waals surface area contributed by atoms with E-state index >= 15 is 0 Å². The molecule has 0 saturated carbocycles. The summed E-state index contributed by atoms with van der Waals surface area (Å²) < 4.78 is 15.0. The number of carbonyl (C=O) groups is 2. The van der Waals surface area contributed by atoms with Crippen LogP contribution in [0.4, 0.5) is 0 Å². The number of hydrogen-bond donors (Lipinski definition) is 1. The summed E-state index contributed by atoms with van der Waals surface area (Å²) in [6, 6.07) is 25.4. The Balaban J connectivity index is 1.57. The van der Waals surface area contributed by atoms with E-state index in [-0.39, 0.29) is 23.3 Å². The maximum Gasteiger partial charge on any atom is 0.330 e. The topological polar surface area (TPSA) is 120 Å². The standard InChI is InChI=1S/C34H32N3O7Si/c1-21-19-36(31(41)35-28(21)38)34(45)33(22-13-7-5-8-14-22,23-15-9-6-10-16-23)27(44-32(2,3)4)26(43-34)20-42-37-29(39)24-17-11-12-18-25(24)30(37)40/h5-19,26-27H,20H2,1-4H3,(H,35,38,41)/t26-,27-,34+/m1/s1. The zero-order valence-corrected chi connectivity index (χ0v) is 26.3. The lowest BCUT2D eigenvalue weighted by Gasteiger charge is -2.47. The number of nitrogens with one attached hydrogen (secondary N) is 1. The molecule has 0 unspecified atom stereocenters. The van der Waals surface area contributed by atoms with Crippen molar-refractivity contribution >= 4 is 22.1 Å². The van der Waals surface area contributed by atoms with Crippen molar-refractivity contribution in [3.05, 3.63) is 140 Å². The fourth-order valence-corrected chi connectivity index (χ4v) is 7.03. The third-order valence-corrected chi connectivity index (χ3v) is 8.90. The summed E-state index contributed by atoms with van der Waals surface area (Å²) in [7, 11) is 3.96. The van der Waals surface area contributed by atoms with Crippen LogP contribution in [0.15, 0.2) is 101 Å². The zero-order valence-electron chi connectivity index (χ0n) is 25.3. The summed E-state index contributed by atoms with van der Waals surface area (Å²) in [5.41, 5.74) is -1.04. The Labute approximate surface area is 262 Å². The molecule has 2 amide bonds. The van der Waals surface area contributed by atoms with Crippen LogP contribution in [0.25, 0.3) is 0 Å². The van der Waals surface area contributed by atoms with Gasteiger partial charge in [0.2, 0.25) is 0 Å². The van der Waals surface area contributed by atoms with Crippen molar-refractivity contribution in [1.29, 1.82) is 0 Å². The van der Waals surface area contributed by atoms with Gasteiger partial charge in [-0.1, -0.05) is 72.8 Å². The minimum atomic E-state index is -1.71. The number of ether oxygens (including phenoxy) is 2. The Morgan fingerprint density at radius 3 is 1.87 bits per heavy atom. The SMILES string of the molecule is Cc1cn([C@]2([Si])O[C@H](CON3C(=O)c4ccccc4C3=O)[C@@H](OC(C)(C)C)C2(c2ccccc2)c2ccccc2)c(=O)[nH]c1=O. The second kappa shape index (κ2) is 11.2. The second-order valence-electron chi connectivity index (χ2n) is 12.2. The predicted octanol–water partition coefficient (Wildman–Crippen LogP) is 3.42. The van der Waals surface area contributed by atoms with Crippen LogP contribution in [0.5, 0.6) is 0 Å². The smallest absolute Gasteiger partial charge is 0.330 e. The fourth-order valence-electron chi connectivity index (χ4n) is 6.28. The number of nitrogens with zero attached hydrogens (tertiary/aromatic N) is 2. The van der Waals surface area contributed by atoms with Gasteiger partial charge in [-0.05, 0) is 51.0 Å². The number of imide groups is 1. The van der Waals surface area contributed by atoms with Crippen molar-refractivity contribution in [2.24, 2.45) is 0 Å². The minimum absolute atomic E-state index is 0.241. The Kier molecular flexibility index (Phi) is 7.60. The van der Waals surface area contributed by atoms with Crippen molar-refractivity contribution in [3.8, 4) is 0 Å². The van der Waals surface area contributed by atoms with Gasteiger partial charge >= 0.3 is 5.69 Å². The van der Waals surface area contributed by atoms with Crippen LogP contribution >= 0.6 is 0 Å². The molecule has 45 heavy (non-hydrogen) atoms. The molecule has 3 radical (unpaired) electrons. The molecular weight excluding hydrogens is 590 g/mol. The van der Waals surface area contributed by atoms with Crippen molar-refractivity contribution in [3.63, 3.8) is 0 Å². The zero-order chi connectivity index (χ0) is 32.1. The minimum Gasteiger partial charge on any atom is -0.368 e. The number of carbonyl (C=O) groups excluding carboxylic acids is 2. The van der Waals surface area contributed by atoms with Gasteiger partial charge in [0.1, 0.15) is 34.4 Å². The number of hydrogen-bond acceptors (Lipinski definition) is 7. The first-order valence-corrected chi connectivity index (χ1v) is 15.0. The number of aromatic nitrogens is 2. The normalized spacial score (nSPS) is 22.6. The highest BCUT2D eigenvalue weighted by molar-refractivity contribution is 6.20. The highest BCUT2D eigenvalue weighted by Gasteiger charge is 2.68. The van der Waals surface area contributed by atoms with E-state index in [4.69, 9.17) is 14.3 Å². The summed E-state index contributed by atoms with van der Waals surface area (Å²) in [6.45, 7) is 7.01. The molecule has 0 spiro atoms. The molecule has 0 aliphatic carbocycles. The van der Waals surface area contributed by atoms with Crippen LogP contribution < -0.4 is 11.2 Å². The lowest BCUT2D eigenvalue weighted by molar-refractivity contribution is -0.163. The number of aromatic amines is 1. The van der Waals surface area contributed by atoms with E-state index in [0.29, 0.717) is 0 Å².